The van der Waals surface area contributed by atoms with E-state index < -0.39 is 15.6 Å². The molecular formula is C19H23ClN4O4S2. The minimum atomic E-state index is -3.74. The monoisotopic (exact) mass is 470 g/mol. The third kappa shape index (κ3) is 4.66. The van der Waals surface area contributed by atoms with Gasteiger partial charge in [-0.2, -0.15) is 4.31 Å². The SMILES string of the molecule is CCCn1c(O)c(C=Nc2ccc(Cl)c(S(=O)(=O)N3CCCCC3)c2)c(=O)[nH]c1=S. The molecule has 2 heterocycles. The maximum atomic E-state index is 13.0. The number of aromatic nitrogens is 2. The first-order valence-electron chi connectivity index (χ1n) is 9.65. The molecule has 0 saturated carbocycles. The smallest absolute Gasteiger partial charge is 0.264 e. The first-order valence-corrected chi connectivity index (χ1v) is 11.9. The van der Waals surface area contributed by atoms with Gasteiger partial charge in [0.2, 0.25) is 15.9 Å². The summed E-state index contributed by atoms with van der Waals surface area (Å²) >= 11 is 11.3. The van der Waals surface area contributed by atoms with E-state index in [1.807, 2.05) is 6.92 Å². The van der Waals surface area contributed by atoms with Crippen LogP contribution in [0.2, 0.25) is 5.02 Å². The fraction of sp³-hybridized carbons (Fsp3) is 0.421. The maximum absolute atomic E-state index is 13.0. The highest BCUT2D eigenvalue weighted by Crippen LogP contribution is 2.30. The predicted octanol–water partition coefficient (Wildman–Crippen LogP) is 3.60. The number of hydrogen-bond acceptors (Lipinski definition) is 6. The second-order valence-corrected chi connectivity index (χ2v) is 9.69. The molecule has 1 aromatic heterocycles. The van der Waals surface area contributed by atoms with Crippen LogP contribution in [-0.4, -0.2) is 46.7 Å². The number of nitrogens with one attached hydrogen (secondary N) is 1. The molecule has 0 bridgehead atoms. The van der Waals surface area contributed by atoms with Crippen LogP contribution in [0.5, 0.6) is 5.88 Å². The Morgan fingerprint density at radius 2 is 2.00 bits per heavy atom. The molecule has 0 spiro atoms. The lowest BCUT2D eigenvalue weighted by Gasteiger charge is -2.26. The van der Waals surface area contributed by atoms with Crippen LogP contribution >= 0.6 is 23.8 Å². The first-order chi connectivity index (χ1) is 14.3. The second kappa shape index (κ2) is 9.42. The van der Waals surface area contributed by atoms with E-state index in [2.05, 4.69) is 9.98 Å². The highest BCUT2D eigenvalue weighted by Gasteiger charge is 2.28. The van der Waals surface area contributed by atoms with Gasteiger partial charge in [0, 0.05) is 25.8 Å². The minimum absolute atomic E-state index is 0.0270. The van der Waals surface area contributed by atoms with Gasteiger partial charge in [-0.25, -0.2) is 8.42 Å². The van der Waals surface area contributed by atoms with Gasteiger partial charge in [-0.3, -0.25) is 19.3 Å². The van der Waals surface area contributed by atoms with Crippen molar-refractivity contribution in [3.05, 3.63) is 43.9 Å². The van der Waals surface area contributed by atoms with Crippen molar-refractivity contribution in [3.63, 3.8) is 0 Å². The molecule has 162 valence electrons. The molecule has 1 aliphatic heterocycles. The predicted molar refractivity (Wildman–Crippen MR) is 119 cm³/mol. The van der Waals surface area contributed by atoms with E-state index in [1.165, 1.54) is 27.2 Å². The fourth-order valence-corrected chi connectivity index (χ4v) is 5.56. The molecule has 8 nitrogen and oxygen atoms in total. The van der Waals surface area contributed by atoms with Gasteiger partial charge in [-0.05, 0) is 49.7 Å². The van der Waals surface area contributed by atoms with Gasteiger partial charge in [0.25, 0.3) is 5.56 Å². The molecule has 30 heavy (non-hydrogen) atoms. The number of piperidine rings is 1. The van der Waals surface area contributed by atoms with E-state index >= 15 is 0 Å². The van der Waals surface area contributed by atoms with Crippen LogP contribution in [-0.2, 0) is 16.6 Å². The number of aromatic hydroxyl groups is 1. The van der Waals surface area contributed by atoms with Crippen molar-refractivity contribution >= 4 is 45.7 Å². The van der Waals surface area contributed by atoms with Gasteiger partial charge in [0.05, 0.1) is 10.7 Å². The largest absolute Gasteiger partial charge is 0.494 e. The molecule has 1 aromatic carbocycles. The summed E-state index contributed by atoms with van der Waals surface area (Å²) in [7, 11) is -3.74. The number of H-pyrrole nitrogens is 1. The zero-order chi connectivity index (χ0) is 21.9. The number of benzene rings is 1. The lowest BCUT2D eigenvalue weighted by Crippen LogP contribution is -2.35. The van der Waals surface area contributed by atoms with Gasteiger partial charge in [0.1, 0.15) is 10.5 Å². The number of aliphatic imine (C=N–C) groups is 1. The molecule has 11 heteroatoms. The van der Waals surface area contributed by atoms with Gasteiger partial charge in [-0.1, -0.05) is 24.9 Å². The standard InChI is InChI=1S/C19H23ClN4O4S2/c1-2-8-24-18(26)14(17(25)22-19(24)29)12-21-13-6-7-15(20)16(11-13)30(27,28)23-9-4-3-5-10-23/h6-7,11-12,26H,2-5,8-10H2,1H3,(H,22,25,29). The molecule has 0 unspecified atom stereocenters. The Labute approximate surface area is 184 Å². The van der Waals surface area contributed by atoms with Gasteiger partial charge in [-0.15, -0.1) is 0 Å². The minimum Gasteiger partial charge on any atom is -0.494 e. The average Bonchev–Trinajstić information content (AvgIpc) is 2.72. The van der Waals surface area contributed by atoms with Crippen molar-refractivity contribution in [2.24, 2.45) is 4.99 Å². The van der Waals surface area contributed by atoms with Crippen LogP contribution in [0.4, 0.5) is 5.69 Å². The van der Waals surface area contributed by atoms with E-state index in [1.54, 1.807) is 6.07 Å². The highest BCUT2D eigenvalue weighted by molar-refractivity contribution is 7.89. The summed E-state index contributed by atoms with van der Waals surface area (Å²) < 4.78 is 28.9. The Morgan fingerprint density at radius 3 is 2.67 bits per heavy atom. The Morgan fingerprint density at radius 1 is 1.30 bits per heavy atom. The van der Waals surface area contributed by atoms with Crippen LogP contribution in [0.15, 0.2) is 32.9 Å². The summed E-state index contributed by atoms with van der Waals surface area (Å²) in [6, 6.07) is 4.37. The lowest BCUT2D eigenvalue weighted by atomic mass is 10.2. The summed E-state index contributed by atoms with van der Waals surface area (Å²) in [5, 5.41) is 10.5. The molecule has 0 atom stereocenters. The molecule has 0 radical (unpaired) electrons. The molecular weight excluding hydrogens is 448 g/mol. The van der Waals surface area contributed by atoms with Gasteiger partial charge >= 0.3 is 0 Å². The molecule has 1 aliphatic rings. The number of hydrogen-bond donors (Lipinski definition) is 2. The topological polar surface area (TPSA) is 108 Å². The Hall–Kier alpha value is -2.01. The zero-order valence-electron chi connectivity index (χ0n) is 16.5. The molecule has 2 aromatic rings. The Bertz CT molecular complexity index is 1180. The number of halogens is 1. The number of rotatable bonds is 6. The fourth-order valence-electron chi connectivity index (χ4n) is 3.28. The van der Waals surface area contributed by atoms with E-state index in [-0.39, 0.29) is 26.1 Å². The van der Waals surface area contributed by atoms with Crippen LogP contribution in [0.1, 0.15) is 38.2 Å². The molecule has 0 amide bonds. The second-order valence-electron chi connectivity index (χ2n) is 6.99. The van der Waals surface area contributed by atoms with Crippen LogP contribution in [0.25, 0.3) is 0 Å². The zero-order valence-corrected chi connectivity index (χ0v) is 18.9. The third-order valence-corrected chi connectivity index (χ3v) is 7.55. The van der Waals surface area contributed by atoms with Crippen molar-refractivity contribution in [1.29, 1.82) is 0 Å². The van der Waals surface area contributed by atoms with Crippen molar-refractivity contribution < 1.29 is 13.5 Å². The molecule has 1 saturated heterocycles. The van der Waals surface area contributed by atoms with Crippen molar-refractivity contribution in [3.8, 4) is 5.88 Å². The van der Waals surface area contributed by atoms with Crippen LogP contribution in [0, 0.1) is 4.77 Å². The van der Waals surface area contributed by atoms with Gasteiger partial charge in [0.15, 0.2) is 4.77 Å². The summed E-state index contributed by atoms with van der Waals surface area (Å²) in [4.78, 5) is 18.9. The van der Waals surface area contributed by atoms with Crippen LogP contribution < -0.4 is 5.56 Å². The molecule has 1 fully saturated rings. The van der Waals surface area contributed by atoms with Crippen molar-refractivity contribution in [2.75, 3.05) is 13.1 Å². The van der Waals surface area contributed by atoms with Crippen molar-refractivity contribution in [1.82, 2.24) is 13.9 Å². The molecule has 0 aliphatic carbocycles. The van der Waals surface area contributed by atoms with E-state index in [9.17, 15) is 18.3 Å². The summed E-state index contributed by atoms with van der Waals surface area (Å²) in [6.07, 6.45) is 4.53. The van der Waals surface area contributed by atoms with E-state index in [4.69, 9.17) is 23.8 Å². The normalized spacial score (nSPS) is 15.7. The highest BCUT2D eigenvalue weighted by atomic mass is 35.5. The number of aromatic amines is 1. The quantitative estimate of drug-likeness (QED) is 0.495. The Balaban J connectivity index is 1.98. The van der Waals surface area contributed by atoms with Crippen molar-refractivity contribution in [2.45, 2.75) is 44.0 Å². The van der Waals surface area contributed by atoms with E-state index in [0.717, 1.165) is 19.3 Å². The summed E-state index contributed by atoms with van der Waals surface area (Å²) in [6.45, 7) is 3.26. The number of nitrogens with zero attached hydrogens (tertiary/aromatic N) is 3. The van der Waals surface area contributed by atoms with E-state index in [0.29, 0.717) is 31.7 Å². The van der Waals surface area contributed by atoms with Gasteiger partial charge < -0.3 is 5.11 Å². The molecule has 3 rings (SSSR count). The Kier molecular flexibility index (Phi) is 7.12. The lowest BCUT2D eigenvalue weighted by molar-refractivity contribution is 0.346. The maximum Gasteiger partial charge on any atom is 0.264 e. The first kappa shape index (κ1) is 22.7. The van der Waals surface area contributed by atoms with Crippen LogP contribution in [0.3, 0.4) is 0 Å². The summed E-state index contributed by atoms with van der Waals surface area (Å²) in [5.74, 6) is -0.288. The molecule has 2 N–H and O–H groups in total. The third-order valence-electron chi connectivity index (χ3n) is 4.84. The summed E-state index contributed by atoms with van der Waals surface area (Å²) in [5.41, 5.74) is -0.352. The number of sulfonamides is 1. The average molecular weight is 471 g/mol.